The topological polar surface area (TPSA) is 0 Å². The highest BCUT2D eigenvalue weighted by Gasteiger charge is 1.95. The Morgan fingerprint density at radius 3 is 0.913 bits per heavy atom. The second kappa shape index (κ2) is 22.0. The normalized spacial score (nSPS) is 11.2. The summed E-state index contributed by atoms with van der Waals surface area (Å²) in [4.78, 5) is 0. The molecule has 0 fully saturated rings. The lowest BCUT2D eigenvalue weighted by Crippen LogP contribution is -1.84. The first-order valence-corrected chi connectivity index (χ1v) is 11.2. The molecule has 0 atom stereocenters. The van der Waals surface area contributed by atoms with Gasteiger partial charge >= 0.3 is 0 Å². The molecule has 0 aromatic carbocycles. The van der Waals surface area contributed by atoms with Crippen molar-refractivity contribution in [3.8, 4) is 0 Å². The van der Waals surface area contributed by atoms with Crippen molar-refractivity contribution in [1.29, 1.82) is 0 Å². The van der Waals surface area contributed by atoms with Crippen molar-refractivity contribution >= 4 is 0 Å². The molecule has 0 aromatic rings. The van der Waals surface area contributed by atoms with Crippen LogP contribution in [-0.2, 0) is 0 Å². The lowest BCUT2D eigenvalue weighted by atomic mass is 10.0. The molecule has 0 N–H and O–H groups in total. The van der Waals surface area contributed by atoms with Crippen LogP contribution >= 0.6 is 0 Å². The van der Waals surface area contributed by atoms with Gasteiger partial charge in [0.05, 0.1) is 0 Å². The maximum atomic E-state index is 2.55. The molecule has 0 rings (SSSR count). The van der Waals surface area contributed by atoms with E-state index in [2.05, 4.69) is 20.3 Å². The summed E-state index contributed by atoms with van der Waals surface area (Å²) in [7, 11) is 0. The molecular formula is C23H47. The van der Waals surface area contributed by atoms with Gasteiger partial charge in [-0.15, -0.1) is 0 Å². The second-order valence-electron chi connectivity index (χ2n) is 7.52. The summed E-state index contributed by atoms with van der Waals surface area (Å²) in [6.45, 7) is 4.59. The van der Waals surface area contributed by atoms with Crippen LogP contribution < -0.4 is 0 Å². The Kier molecular flexibility index (Phi) is 22.0. The van der Waals surface area contributed by atoms with Crippen molar-refractivity contribution in [3.05, 3.63) is 6.42 Å². The van der Waals surface area contributed by atoms with Crippen molar-refractivity contribution < 1.29 is 0 Å². The Hall–Kier alpha value is 0. The van der Waals surface area contributed by atoms with E-state index in [1.54, 1.807) is 0 Å². The first-order valence-electron chi connectivity index (χ1n) is 11.2. The van der Waals surface area contributed by atoms with E-state index in [1.165, 1.54) is 128 Å². The fourth-order valence-electron chi connectivity index (χ4n) is 3.34. The summed E-state index contributed by atoms with van der Waals surface area (Å²) in [5, 5.41) is 0. The monoisotopic (exact) mass is 323 g/mol. The summed E-state index contributed by atoms with van der Waals surface area (Å²) >= 11 is 0. The van der Waals surface area contributed by atoms with Crippen LogP contribution in [0, 0.1) is 6.42 Å². The van der Waals surface area contributed by atoms with E-state index in [1.807, 2.05) is 0 Å². The van der Waals surface area contributed by atoms with E-state index in [-0.39, 0.29) is 0 Å². The van der Waals surface area contributed by atoms with Crippen molar-refractivity contribution in [2.45, 2.75) is 142 Å². The second-order valence-corrected chi connectivity index (χ2v) is 7.52. The van der Waals surface area contributed by atoms with Gasteiger partial charge in [0.2, 0.25) is 0 Å². The average Bonchev–Trinajstić information content (AvgIpc) is 2.57. The number of rotatable bonds is 20. The van der Waals surface area contributed by atoms with Crippen molar-refractivity contribution in [3.63, 3.8) is 0 Å². The third kappa shape index (κ3) is 22.0. The lowest BCUT2D eigenvalue weighted by molar-refractivity contribution is 0.537. The van der Waals surface area contributed by atoms with Gasteiger partial charge in [-0.05, 0) is 6.42 Å². The molecule has 23 heavy (non-hydrogen) atoms. The molecule has 0 bridgehead atoms. The molecule has 0 nitrogen and oxygen atoms in total. The first-order chi connectivity index (χ1) is 11.4. The summed E-state index contributed by atoms with van der Waals surface area (Å²) in [5.74, 6) is 0. The van der Waals surface area contributed by atoms with Gasteiger partial charge in [0.25, 0.3) is 0 Å². The van der Waals surface area contributed by atoms with Gasteiger partial charge in [0.1, 0.15) is 0 Å². The van der Waals surface area contributed by atoms with Gasteiger partial charge in [0.15, 0.2) is 0 Å². The molecule has 1 radical (unpaired) electrons. The van der Waals surface area contributed by atoms with E-state index in [4.69, 9.17) is 0 Å². The van der Waals surface area contributed by atoms with E-state index in [0.717, 1.165) is 0 Å². The Morgan fingerprint density at radius 2 is 0.609 bits per heavy atom. The fourth-order valence-corrected chi connectivity index (χ4v) is 3.34. The van der Waals surface area contributed by atoms with Crippen LogP contribution in [0.5, 0.6) is 0 Å². The van der Waals surface area contributed by atoms with Crippen LogP contribution in [-0.4, -0.2) is 0 Å². The molecule has 0 aliphatic heterocycles. The minimum atomic E-state index is 1.36. The van der Waals surface area contributed by atoms with Gasteiger partial charge < -0.3 is 0 Å². The van der Waals surface area contributed by atoms with Crippen LogP contribution in [0.4, 0.5) is 0 Å². The zero-order valence-electron chi connectivity index (χ0n) is 16.7. The molecule has 0 unspecified atom stereocenters. The number of hydrogen-bond acceptors (Lipinski definition) is 0. The SMILES string of the molecule is CCCCCCC[CH]CCCCCCCCCCCCCCC. The molecule has 0 heteroatoms. The minimum absolute atomic E-state index is 1.36. The van der Waals surface area contributed by atoms with Crippen molar-refractivity contribution in [2.24, 2.45) is 0 Å². The lowest BCUT2D eigenvalue weighted by Gasteiger charge is -2.03. The highest BCUT2D eigenvalue weighted by molar-refractivity contribution is 4.64. The summed E-state index contributed by atoms with van der Waals surface area (Å²) in [6, 6.07) is 0. The Morgan fingerprint density at radius 1 is 0.348 bits per heavy atom. The van der Waals surface area contributed by atoms with Crippen LogP contribution in [0.15, 0.2) is 0 Å². The summed E-state index contributed by atoms with van der Waals surface area (Å²) < 4.78 is 0. The largest absolute Gasteiger partial charge is 0.0654 e. The zero-order chi connectivity index (χ0) is 16.8. The van der Waals surface area contributed by atoms with Gasteiger partial charge in [-0.2, -0.15) is 0 Å². The molecular weight excluding hydrogens is 276 g/mol. The van der Waals surface area contributed by atoms with E-state index in [9.17, 15) is 0 Å². The van der Waals surface area contributed by atoms with Crippen molar-refractivity contribution in [1.82, 2.24) is 0 Å². The van der Waals surface area contributed by atoms with Crippen LogP contribution in [0.2, 0.25) is 0 Å². The molecule has 0 aromatic heterocycles. The van der Waals surface area contributed by atoms with Gasteiger partial charge in [-0.3, -0.25) is 0 Å². The Labute approximate surface area is 149 Å². The fraction of sp³-hybridized carbons (Fsp3) is 0.957. The van der Waals surface area contributed by atoms with Gasteiger partial charge in [0, 0.05) is 0 Å². The molecule has 0 aliphatic rings. The molecule has 0 aliphatic carbocycles. The average molecular weight is 324 g/mol. The highest BCUT2D eigenvalue weighted by atomic mass is 14.0. The quantitative estimate of drug-likeness (QED) is 0.196. The minimum Gasteiger partial charge on any atom is -0.0654 e. The smallest absolute Gasteiger partial charge is 0.0386 e. The summed E-state index contributed by atoms with van der Waals surface area (Å²) in [6.07, 6.45) is 31.4. The molecule has 0 saturated carbocycles. The summed E-state index contributed by atoms with van der Waals surface area (Å²) in [5.41, 5.74) is 0. The predicted molar refractivity (Wildman–Crippen MR) is 108 cm³/mol. The van der Waals surface area contributed by atoms with Crippen molar-refractivity contribution in [2.75, 3.05) is 0 Å². The Bertz CT molecular complexity index is 164. The Balaban J connectivity index is 2.92. The molecule has 0 amide bonds. The van der Waals surface area contributed by atoms with Gasteiger partial charge in [-0.1, -0.05) is 142 Å². The van der Waals surface area contributed by atoms with Crippen LogP contribution in [0.3, 0.4) is 0 Å². The number of hydrogen-bond donors (Lipinski definition) is 0. The third-order valence-corrected chi connectivity index (χ3v) is 5.02. The van der Waals surface area contributed by atoms with Crippen LogP contribution in [0.1, 0.15) is 142 Å². The standard InChI is InChI=1S/C23H47/c1-3-5-7-9-11-13-15-17-19-21-23-22-20-18-16-14-12-10-8-6-4-2/h15H,3-14,16-23H2,1-2H3. The third-order valence-electron chi connectivity index (χ3n) is 5.02. The maximum absolute atomic E-state index is 2.55. The highest BCUT2D eigenvalue weighted by Crippen LogP contribution is 2.14. The molecule has 0 spiro atoms. The van der Waals surface area contributed by atoms with E-state index >= 15 is 0 Å². The van der Waals surface area contributed by atoms with Crippen LogP contribution in [0.25, 0.3) is 0 Å². The zero-order valence-corrected chi connectivity index (χ0v) is 16.7. The maximum Gasteiger partial charge on any atom is -0.0386 e. The van der Waals surface area contributed by atoms with E-state index in [0.29, 0.717) is 0 Å². The predicted octanol–water partition coefficient (Wildman–Crippen LogP) is 9.03. The van der Waals surface area contributed by atoms with E-state index < -0.39 is 0 Å². The first kappa shape index (κ1) is 23.0. The molecule has 0 saturated heterocycles. The number of unbranched alkanes of at least 4 members (excludes halogenated alkanes) is 20. The molecule has 0 heterocycles. The van der Waals surface area contributed by atoms with Gasteiger partial charge in [-0.25, -0.2) is 0 Å². The molecule has 139 valence electrons.